The molecule has 0 saturated heterocycles. The average Bonchev–Trinajstić information content (AvgIpc) is 2.26. The van der Waals surface area contributed by atoms with Crippen LogP contribution < -0.4 is 5.73 Å². The van der Waals surface area contributed by atoms with E-state index in [9.17, 15) is 0 Å². The molecule has 0 bridgehead atoms. The maximum Gasteiger partial charge on any atom is 0.100 e. The van der Waals surface area contributed by atoms with E-state index in [1.54, 1.807) is 0 Å². The molecule has 0 radical (unpaired) electrons. The Balaban J connectivity index is 2.26. The van der Waals surface area contributed by atoms with Crippen LogP contribution >= 0.6 is 0 Å². The van der Waals surface area contributed by atoms with Crippen molar-refractivity contribution >= 4 is 0 Å². The molecule has 0 amide bonds. The van der Waals surface area contributed by atoms with Crippen molar-refractivity contribution in [1.82, 2.24) is 0 Å². The summed E-state index contributed by atoms with van der Waals surface area (Å²) in [4.78, 5) is 0. The lowest BCUT2D eigenvalue weighted by Gasteiger charge is -2.31. The molecular formula is C10H21NO3. The van der Waals surface area contributed by atoms with Crippen molar-refractivity contribution in [2.45, 2.75) is 37.9 Å². The second-order valence-electron chi connectivity index (χ2n) is 3.99. The highest BCUT2D eigenvalue weighted by Crippen LogP contribution is 2.25. The standard InChI is InChI=1S/C10H21NO3/c11-5-8-3-1-2-4-10(8)14-7-9(13)6-12/h8-10,12-13H,1-7,11H2. The van der Waals surface area contributed by atoms with Crippen molar-refractivity contribution < 1.29 is 14.9 Å². The van der Waals surface area contributed by atoms with Gasteiger partial charge < -0.3 is 20.7 Å². The van der Waals surface area contributed by atoms with Crippen LogP contribution in [0, 0.1) is 5.92 Å². The normalized spacial score (nSPS) is 30.2. The topological polar surface area (TPSA) is 75.7 Å². The molecular weight excluding hydrogens is 182 g/mol. The summed E-state index contributed by atoms with van der Waals surface area (Å²) in [5.74, 6) is 0.426. The van der Waals surface area contributed by atoms with Crippen molar-refractivity contribution in [2.75, 3.05) is 19.8 Å². The van der Waals surface area contributed by atoms with Crippen molar-refractivity contribution in [3.8, 4) is 0 Å². The van der Waals surface area contributed by atoms with Gasteiger partial charge in [-0.2, -0.15) is 0 Å². The third-order valence-corrected chi connectivity index (χ3v) is 2.86. The van der Waals surface area contributed by atoms with E-state index in [0.29, 0.717) is 12.5 Å². The van der Waals surface area contributed by atoms with Gasteiger partial charge >= 0.3 is 0 Å². The summed E-state index contributed by atoms with van der Waals surface area (Å²) in [7, 11) is 0. The number of hydrogen-bond acceptors (Lipinski definition) is 4. The van der Waals surface area contributed by atoms with Gasteiger partial charge in [0.05, 0.1) is 19.3 Å². The minimum absolute atomic E-state index is 0.176. The van der Waals surface area contributed by atoms with Gasteiger partial charge in [0, 0.05) is 0 Å². The van der Waals surface area contributed by atoms with Crippen molar-refractivity contribution in [2.24, 2.45) is 11.7 Å². The fourth-order valence-electron chi connectivity index (χ4n) is 1.95. The molecule has 0 heterocycles. The number of rotatable bonds is 5. The van der Waals surface area contributed by atoms with Crippen LogP contribution in [0.4, 0.5) is 0 Å². The molecule has 0 spiro atoms. The number of ether oxygens (including phenoxy) is 1. The summed E-state index contributed by atoms with van der Waals surface area (Å²) in [5, 5.41) is 17.8. The van der Waals surface area contributed by atoms with Gasteiger partial charge in [-0.05, 0) is 25.3 Å². The Kier molecular flexibility index (Phi) is 5.40. The Morgan fingerprint density at radius 1 is 1.36 bits per heavy atom. The molecule has 3 unspecified atom stereocenters. The highest BCUT2D eigenvalue weighted by Gasteiger charge is 2.24. The van der Waals surface area contributed by atoms with E-state index in [1.807, 2.05) is 0 Å². The minimum Gasteiger partial charge on any atom is -0.394 e. The third-order valence-electron chi connectivity index (χ3n) is 2.86. The van der Waals surface area contributed by atoms with Gasteiger partial charge in [0.15, 0.2) is 0 Å². The van der Waals surface area contributed by atoms with Gasteiger partial charge in [0.25, 0.3) is 0 Å². The van der Waals surface area contributed by atoms with E-state index in [2.05, 4.69) is 0 Å². The second kappa shape index (κ2) is 6.35. The van der Waals surface area contributed by atoms with Crippen LogP contribution in [0.1, 0.15) is 25.7 Å². The van der Waals surface area contributed by atoms with Gasteiger partial charge in [0.2, 0.25) is 0 Å². The Bertz CT molecular complexity index is 154. The Hall–Kier alpha value is -0.160. The molecule has 1 aliphatic rings. The molecule has 0 aromatic carbocycles. The summed E-state index contributed by atoms with van der Waals surface area (Å²) in [5.41, 5.74) is 5.64. The molecule has 0 aromatic heterocycles. The summed E-state index contributed by atoms with van der Waals surface area (Å²) in [6, 6.07) is 0. The first-order valence-electron chi connectivity index (χ1n) is 5.38. The lowest BCUT2D eigenvalue weighted by atomic mass is 9.86. The van der Waals surface area contributed by atoms with E-state index >= 15 is 0 Å². The molecule has 0 aromatic rings. The molecule has 3 atom stereocenters. The number of aliphatic hydroxyl groups excluding tert-OH is 2. The maximum atomic E-state index is 9.14. The average molecular weight is 203 g/mol. The van der Waals surface area contributed by atoms with E-state index < -0.39 is 6.10 Å². The zero-order valence-corrected chi connectivity index (χ0v) is 8.56. The smallest absolute Gasteiger partial charge is 0.100 e. The van der Waals surface area contributed by atoms with Gasteiger partial charge in [0.1, 0.15) is 6.10 Å². The summed E-state index contributed by atoms with van der Waals surface area (Å²) < 4.78 is 5.55. The van der Waals surface area contributed by atoms with Crippen LogP contribution in [-0.4, -0.2) is 42.2 Å². The summed E-state index contributed by atoms with van der Waals surface area (Å²) >= 11 is 0. The van der Waals surface area contributed by atoms with Crippen LogP contribution in [0.2, 0.25) is 0 Å². The predicted molar refractivity (Wildman–Crippen MR) is 53.8 cm³/mol. The molecule has 1 fully saturated rings. The molecule has 1 saturated carbocycles. The highest BCUT2D eigenvalue weighted by molar-refractivity contribution is 4.76. The van der Waals surface area contributed by atoms with Gasteiger partial charge in [-0.1, -0.05) is 12.8 Å². The van der Waals surface area contributed by atoms with Crippen LogP contribution in [0.5, 0.6) is 0 Å². The fourth-order valence-corrected chi connectivity index (χ4v) is 1.95. The van der Waals surface area contributed by atoms with E-state index in [4.69, 9.17) is 20.7 Å². The monoisotopic (exact) mass is 203 g/mol. The summed E-state index contributed by atoms with van der Waals surface area (Å²) in [6.45, 7) is 0.636. The lowest BCUT2D eigenvalue weighted by molar-refractivity contribution is -0.0596. The quantitative estimate of drug-likeness (QED) is 0.582. The van der Waals surface area contributed by atoms with Crippen molar-refractivity contribution in [1.29, 1.82) is 0 Å². The largest absolute Gasteiger partial charge is 0.394 e. The third kappa shape index (κ3) is 3.53. The first-order valence-corrected chi connectivity index (χ1v) is 5.38. The van der Waals surface area contributed by atoms with E-state index in [-0.39, 0.29) is 19.3 Å². The van der Waals surface area contributed by atoms with E-state index in [1.165, 1.54) is 12.8 Å². The molecule has 1 rings (SSSR count). The zero-order chi connectivity index (χ0) is 10.4. The minimum atomic E-state index is -0.754. The Labute approximate surface area is 85.1 Å². The van der Waals surface area contributed by atoms with Crippen LogP contribution in [-0.2, 0) is 4.74 Å². The lowest BCUT2D eigenvalue weighted by Crippen LogP contribution is -2.35. The van der Waals surface area contributed by atoms with Crippen LogP contribution in [0.25, 0.3) is 0 Å². The molecule has 4 nitrogen and oxygen atoms in total. The second-order valence-corrected chi connectivity index (χ2v) is 3.99. The summed E-state index contributed by atoms with van der Waals surface area (Å²) in [6.07, 6.45) is 3.97. The van der Waals surface area contributed by atoms with Crippen LogP contribution in [0.15, 0.2) is 0 Å². The molecule has 4 heteroatoms. The Morgan fingerprint density at radius 2 is 2.07 bits per heavy atom. The highest BCUT2D eigenvalue weighted by atomic mass is 16.5. The number of hydrogen-bond donors (Lipinski definition) is 3. The fraction of sp³-hybridized carbons (Fsp3) is 1.00. The number of nitrogens with two attached hydrogens (primary N) is 1. The first-order chi connectivity index (χ1) is 6.77. The molecule has 84 valence electrons. The van der Waals surface area contributed by atoms with Crippen LogP contribution in [0.3, 0.4) is 0 Å². The van der Waals surface area contributed by atoms with Gasteiger partial charge in [-0.15, -0.1) is 0 Å². The zero-order valence-electron chi connectivity index (χ0n) is 8.56. The number of aliphatic hydroxyl groups is 2. The van der Waals surface area contributed by atoms with Gasteiger partial charge in [-0.3, -0.25) is 0 Å². The predicted octanol–water partition coefficient (Wildman–Crippen LogP) is -0.126. The van der Waals surface area contributed by atoms with Gasteiger partial charge in [-0.25, -0.2) is 0 Å². The molecule has 1 aliphatic carbocycles. The molecule has 0 aliphatic heterocycles. The first kappa shape index (κ1) is 11.9. The maximum absolute atomic E-state index is 9.14. The van der Waals surface area contributed by atoms with Crippen molar-refractivity contribution in [3.63, 3.8) is 0 Å². The SMILES string of the molecule is NCC1CCCCC1OCC(O)CO. The van der Waals surface area contributed by atoms with Crippen molar-refractivity contribution in [3.05, 3.63) is 0 Å². The van der Waals surface area contributed by atoms with E-state index in [0.717, 1.165) is 12.8 Å². The molecule has 4 N–H and O–H groups in total. The molecule has 14 heavy (non-hydrogen) atoms. The Morgan fingerprint density at radius 3 is 2.71 bits per heavy atom.